The van der Waals surface area contributed by atoms with E-state index in [2.05, 4.69) is 5.32 Å². The molecule has 1 aliphatic rings. The number of fused-ring (bicyclic) bond motifs is 1. The molecule has 5 rings (SSSR count). The lowest BCUT2D eigenvalue weighted by Crippen LogP contribution is -2.26. The van der Waals surface area contributed by atoms with E-state index in [1.54, 1.807) is 36.2 Å². The number of rotatable bonds is 10. The van der Waals surface area contributed by atoms with Crippen LogP contribution in [0.3, 0.4) is 0 Å². The monoisotopic (exact) mass is 539 g/mol. The fraction of sp³-hybridized carbons (Fsp3) is 0.290. The van der Waals surface area contributed by atoms with E-state index < -0.39 is 0 Å². The molecule has 0 atom stereocenters. The Labute approximate surface area is 233 Å². The van der Waals surface area contributed by atoms with Crippen molar-refractivity contribution in [2.75, 3.05) is 37.0 Å². The van der Waals surface area contributed by atoms with Crippen LogP contribution in [0.5, 0.6) is 0 Å². The van der Waals surface area contributed by atoms with E-state index in [0.717, 1.165) is 24.0 Å². The first-order valence-corrected chi connectivity index (χ1v) is 13.6. The Kier molecular flexibility index (Phi) is 8.21. The summed E-state index contributed by atoms with van der Waals surface area (Å²) in [7, 11) is 1.73. The van der Waals surface area contributed by atoms with Crippen molar-refractivity contribution in [3.8, 4) is 0 Å². The normalized spacial score (nSPS) is 13.2. The number of likely N-dealkylation sites (tertiary alicyclic amines) is 1. The summed E-state index contributed by atoms with van der Waals surface area (Å²) in [5.41, 5.74) is 4.18. The second kappa shape index (κ2) is 12.1. The summed E-state index contributed by atoms with van der Waals surface area (Å²) in [5, 5.41) is 12.1. The first kappa shape index (κ1) is 27.1. The van der Waals surface area contributed by atoms with Gasteiger partial charge in [-0.1, -0.05) is 30.3 Å². The Hall–Kier alpha value is -4.50. The van der Waals surface area contributed by atoms with Crippen molar-refractivity contribution >= 4 is 40.4 Å². The summed E-state index contributed by atoms with van der Waals surface area (Å²) in [6.07, 6.45) is 2.73. The van der Waals surface area contributed by atoms with Crippen LogP contribution >= 0.6 is 0 Å². The lowest BCUT2D eigenvalue weighted by Gasteiger charge is -2.18. The summed E-state index contributed by atoms with van der Waals surface area (Å²) in [6.45, 7) is 2.03. The van der Waals surface area contributed by atoms with E-state index in [1.165, 1.54) is 0 Å². The predicted molar refractivity (Wildman–Crippen MR) is 155 cm³/mol. The lowest BCUT2D eigenvalue weighted by molar-refractivity contribution is -0.127. The lowest BCUT2D eigenvalue weighted by atomic mass is 10.1. The predicted octanol–water partition coefficient (Wildman–Crippen LogP) is 4.11. The zero-order valence-corrected chi connectivity index (χ0v) is 22.5. The number of aliphatic hydroxyl groups excluding tert-OH is 1. The molecule has 4 aromatic rings. The minimum Gasteiger partial charge on any atom is -0.396 e. The summed E-state index contributed by atoms with van der Waals surface area (Å²) in [6, 6.07) is 21.8. The summed E-state index contributed by atoms with van der Waals surface area (Å²) >= 11 is 0. The van der Waals surface area contributed by atoms with Gasteiger partial charge in [-0.3, -0.25) is 19.7 Å². The van der Waals surface area contributed by atoms with Crippen molar-refractivity contribution in [1.29, 1.82) is 0 Å². The van der Waals surface area contributed by atoms with E-state index in [4.69, 9.17) is 10.1 Å². The van der Waals surface area contributed by atoms with Crippen LogP contribution in [0.1, 0.15) is 45.5 Å². The van der Waals surface area contributed by atoms with Gasteiger partial charge in [-0.25, -0.2) is 4.98 Å². The number of nitrogens with one attached hydrogen (secondary N) is 1. The van der Waals surface area contributed by atoms with Gasteiger partial charge in [0.2, 0.25) is 11.9 Å². The minimum absolute atomic E-state index is 0.0483. The van der Waals surface area contributed by atoms with E-state index in [0.29, 0.717) is 60.6 Å². The number of amides is 3. The number of carbonyl (C=O) groups is 3. The Bertz CT molecular complexity index is 1510. The molecule has 3 aromatic carbocycles. The van der Waals surface area contributed by atoms with Gasteiger partial charge in [-0.15, -0.1) is 0 Å². The Morgan fingerprint density at radius 2 is 1.77 bits per heavy atom. The SMILES string of the molecule is CN(C(=O)c1ccccc1)c1ccc2c(c1)nc(NC(=O)c1ccc(CCO)cc1)n2CCCN1CCCC1=O. The van der Waals surface area contributed by atoms with Crippen LogP contribution in [0.4, 0.5) is 11.6 Å². The maximum absolute atomic E-state index is 13.1. The zero-order chi connectivity index (χ0) is 28.1. The number of imidazole rings is 1. The third-order valence-electron chi connectivity index (χ3n) is 7.27. The van der Waals surface area contributed by atoms with Gasteiger partial charge in [0, 0.05) is 56.5 Å². The highest BCUT2D eigenvalue weighted by Crippen LogP contribution is 2.27. The highest BCUT2D eigenvalue weighted by Gasteiger charge is 2.21. The zero-order valence-electron chi connectivity index (χ0n) is 22.5. The summed E-state index contributed by atoms with van der Waals surface area (Å²) < 4.78 is 1.96. The van der Waals surface area contributed by atoms with Crippen LogP contribution in [0, 0.1) is 0 Å². The average Bonchev–Trinajstić information content (AvgIpc) is 3.55. The summed E-state index contributed by atoms with van der Waals surface area (Å²) in [5.74, 6) is 0.164. The maximum Gasteiger partial charge on any atom is 0.258 e. The van der Waals surface area contributed by atoms with Gasteiger partial charge in [-0.05, 0) is 67.3 Å². The van der Waals surface area contributed by atoms with Gasteiger partial charge in [-0.2, -0.15) is 0 Å². The van der Waals surface area contributed by atoms with Gasteiger partial charge in [0.15, 0.2) is 0 Å². The standard InChI is InChI=1S/C31H33N5O4/c1-34(30(40)24-7-3-2-4-8-24)25-14-15-27-26(21-25)32-31(36(27)19-6-18-35-17-5-9-28(35)38)33-29(39)23-12-10-22(11-13-23)16-20-37/h2-4,7-8,10-15,21,37H,5-6,9,16-20H2,1H3,(H,32,33,39). The second-order valence-corrected chi connectivity index (χ2v) is 9.95. The first-order valence-electron chi connectivity index (χ1n) is 13.6. The Morgan fingerprint density at radius 3 is 2.48 bits per heavy atom. The Morgan fingerprint density at radius 1 is 1.00 bits per heavy atom. The van der Waals surface area contributed by atoms with Crippen molar-refractivity contribution in [3.63, 3.8) is 0 Å². The van der Waals surface area contributed by atoms with Crippen molar-refractivity contribution in [2.24, 2.45) is 0 Å². The van der Waals surface area contributed by atoms with Gasteiger partial charge in [0.05, 0.1) is 11.0 Å². The summed E-state index contributed by atoms with van der Waals surface area (Å²) in [4.78, 5) is 46.4. The molecular weight excluding hydrogens is 506 g/mol. The molecule has 0 unspecified atom stereocenters. The van der Waals surface area contributed by atoms with Crippen LogP contribution in [-0.4, -0.2) is 64.0 Å². The molecule has 0 aliphatic carbocycles. The molecule has 0 bridgehead atoms. The quantitative estimate of drug-likeness (QED) is 0.315. The molecule has 3 amide bonds. The van der Waals surface area contributed by atoms with Gasteiger partial charge < -0.3 is 19.5 Å². The molecule has 2 heterocycles. The number of aromatic nitrogens is 2. The molecule has 1 aromatic heterocycles. The fourth-order valence-electron chi connectivity index (χ4n) is 5.03. The highest BCUT2D eigenvalue weighted by atomic mass is 16.3. The molecule has 40 heavy (non-hydrogen) atoms. The number of aliphatic hydroxyl groups is 1. The fourth-order valence-corrected chi connectivity index (χ4v) is 5.03. The van der Waals surface area contributed by atoms with Crippen molar-refractivity contribution in [1.82, 2.24) is 14.5 Å². The molecule has 0 radical (unpaired) electrons. The molecule has 9 nitrogen and oxygen atoms in total. The van der Waals surface area contributed by atoms with Crippen molar-refractivity contribution in [2.45, 2.75) is 32.2 Å². The number of hydrogen-bond donors (Lipinski definition) is 2. The molecule has 0 saturated carbocycles. The molecular formula is C31H33N5O4. The van der Waals surface area contributed by atoms with Crippen molar-refractivity contribution < 1.29 is 19.5 Å². The van der Waals surface area contributed by atoms with Crippen LogP contribution in [0.2, 0.25) is 0 Å². The molecule has 1 fully saturated rings. The second-order valence-electron chi connectivity index (χ2n) is 9.95. The smallest absolute Gasteiger partial charge is 0.258 e. The number of benzene rings is 3. The average molecular weight is 540 g/mol. The first-order chi connectivity index (χ1) is 19.4. The van der Waals surface area contributed by atoms with E-state index in [1.807, 2.05) is 58.0 Å². The van der Waals surface area contributed by atoms with Gasteiger partial charge in [0.1, 0.15) is 0 Å². The number of anilines is 2. The van der Waals surface area contributed by atoms with E-state index >= 15 is 0 Å². The third-order valence-corrected chi connectivity index (χ3v) is 7.27. The largest absolute Gasteiger partial charge is 0.396 e. The molecule has 1 saturated heterocycles. The highest BCUT2D eigenvalue weighted by molar-refractivity contribution is 6.07. The Balaban J connectivity index is 1.41. The third kappa shape index (κ3) is 5.89. The number of hydrogen-bond acceptors (Lipinski definition) is 5. The molecule has 0 spiro atoms. The van der Waals surface area contributed by atoms with Gasteiger partial charge >= 0.3 is 0 Å². The number of carbonyl (C=O) groups excluding carboxylic acids is 3. The van der Waals surface area contributed by atoms with Crippen LogP contribution in [0.15, 0.2) is 72.8 Å². The van der Waals surface area contributed by atoms with E-state index in [-0.39, 0.29) is 24.3 Å². The molecule has 9 heteroatoms. The van der Waals surface area contributed by atoms with Crippen LogP contribution < -0.4 is 10.2 Å². The van der Waals surface area contributed by atoms with Gasteiger partial charge in [0.25, 0.3) is 11.8 Å². The van der Waals surface area contributed by atoms with Crippen LogP contribution in [-0.2, 0) is 17.8 Å². The number of nitrogens with zero attached hydrogens (tertiary/aromatic N) is 4. The number of aryl methyl sites for hydroxylation is 1. The maximum atomic E-state index is 13.1. The molecule has 206 valence electrons. The van der Waals surface area contributed by atoms with Crippen LogP contribution in [0.25, 0.3) is 11.0 Å². The minimum atomic E-state index is -0.293. The molecule has 1 aliphatic heterocycles. The van der Waals surface area contributed by atoms with E-state index in [9.17, 15) is 14.4 Å². The topological polar surface area (TPSA) is 108 Å². The van der Waals surface area contributed by atoms with Crippen molar-refractivity contribution in [3.05, 3.63) is 89.5 Å². The molecule has 2 N–H and O–H groups in total.